The van der Waals surface area contributed by atoms with E-state index >= 15 is 0 Å². The second-order valence-corrected chi connectivity index (χ2v) is 10.4. The molecule has 0 bridgehead atoms. The Morgan fingerprint density at radius 3 is 2.19 bits per heavy atom. The summed E-state index contributed by atoms with van der Waals surface area (Å²) in [5.41, 5.74) is 2.75. The van der Waals surface area contributed by atoms with Crippen molar-refractivity contribution in [1.29, 1.82) is 0 Å². The van der Waals surface area contributed by atoms with Crippen LogP contribution in [0, 0.1) is 0 Å². The third-order valence-corrected chi connectivity index (χ3v) is 7.22. The summed E-state index contributed by atoms with van der Waals surface area (Å²) in [6.45, 7) is 0.294. The van der Waals surface area contributed by atoms with Gasteiger partial charge in [-0.3, -0.25) is 9.59 Å². The second-order valence-electron chi connectivity index (χ2n) is 9.50. The first-order valence-corrected chi connectivity index (χ1v) is 13.4. The monoisotopic (exact) mass is 522 g/mol. The highest BCUT2D eigenvalue weighted by Gasteiger charge is 2.32. The molecule has 0 unspecified atom stereocenters. The molecule has 6 heteroatoms. The van der Waals surface area contributed by atoms with Gasteiger partial charge in [0.1, 0.15) is 6.04 Å². The average molecular weight is 524 g/mol. The fourth-order valence-corrected chi connectivity index (χ4v) is 5.15. The Morgan fingerprint density at radius 1 is 0.806 bits per heavy atom. The summed E-state index contributed by atoms with van der Waals surface area (Å²) >= 11 is 12.3. The molecule has 1 fully saturated rings. The summed E-state index contributed by atoms with van der Waals surface area (Å²) in [6, 6.07) is 24.1. The van der Waals surface area contributed by atoms with E-state index < -0.39 is 6.04 Å². The Labute approximate surface area is 223 Å². The zero-order valence-corrected chi connectivity index (χ0v) is 21.8. The molecule has 0 saturated heterocycles. The highest BCUT2D eigenvalue weighted by molar-refractivity contribution is 6.30. The summed E-state index contributed by atoms with van der Waals surface area (Å²) in [7, 11) is 0. The van der Waals surface area contributed by atoms with Crippen molar-refractivity contribution in [3.8, 4) is 0 Å². The smallest absolute Gasteiger partial charge is 0.243 e. The van der Waals surface area contributed by atoms with Gasteiger partial charge in [-0.05, 0) is 53.8 Å². The van der Waals surface area contributed by atoms with E-state index in [0.717, 1.165) is 42.4 Å². The first-order valence-electron chi connectivity index (χ1n) is 12.6. The Kier molecular flexibility index (Phi) is 9.43. The number of amides is 2. The van der Waals surface area contributed by atoms with E-state index in [1.165, 1.54) is 6.42 Å². The molecular weight excluding hydrogens is 491 g/mol. The lowest BCUT2D eigenvalue weighted by Gasteiger charge is -2.33. The molecule has 1 saturated carbocycles. The maximum atomic E-state index is 13.8. The number of nitrogens with one attached hydrogen (secondary N) is 1. The minimum Gasteiger partial charge on any atom is -0.352 e. The highest BCUT2D eigenvalue weighted by atomic mass is 35.5. The van der Waals surface area contributed by atoms with Crippen LogP contribution in [-0.4, -0.2) is 28.8 Å². The molecule has 1 atom stereocenters. The molecule has 4 rings (SSSR count). The topological polar surface area (TPSA) is 49.4 Å². The molecule has 1 aliphatic rings. The van der Waals surface area contributed by atoms with E-state index in [1.807, 2.05) is 66.7 Å². The van der Waals surface area contributed by atoms with Crippen LogP contribution >= 0.6 is 23.2 Å². The Hall–Kier alpha value is -2.82. The normalized spacial score (nSPS) is 14.7. The number of halogens is 2. The number of benzene rings is 3. The van der Waals surface area contributed by atoms with Gasteiger partial charge in [-0.15, -0.1) is 0 Å². The summed E-state index contributed by atoms with van der Waals surface area (Å²) in [5.74, 6) is -0.214. The predicted molar refractivity (Wildman–Crippen MR) is 146 cm³/mol. The molecule has 1 aliphatic carbocycles. The number of carbonyl (C=O) groups is 2. The van der Waals surface area contributed by atoms with Crippen LogP contribution in [0.3, 0.4) is 0 Å². The molecule has 0 spiro atoms. The molecule has 3 aromatic rings. The number of rotatable bonds is 9. The molecule has 2 amide bonds. The van der Waals surface area contributed by atoms with E-state index in [9.17, 15) is 9.59 Å². The van der Waals surface area contributed by atoms with Gasteiger partial charge in [-0.25, -0.2) is 0 Å². The number of nitrogens with zero attached hydrogens (tertiary/aromatic N) is 1. The molecule has 0 aromatic heterocycles. The molecular formula is C30H32Cl2N2O2. The van der Waals surface area contributed by atoms with Crippen LogP contribution in [0.1, 0.15) is 48.8 Å². The van der Waals surface area contributed by atoms with Gasteiger partial charge in [0, 0.05) is 29.1 Å². The fraction of sp³-hybridized carbons (Fsp3) is 0.333. The van der Waals surface area contributed by atoms with Crippen molar-refractivity contribution in [3.05, 3.63) is 106 Å². The fourth-order valence-electron chi connectivity index (χ4n) is 4.81. The van der Waals surface area contributed by atoms with Crippen LogP contribution in [0.25, 0.3) is 0 Å². The zero-order chi connectivity index (χ0) is 25.3. The van der Waals surface area contributed by atoms with Gasteiger partial charge in [0.2, 0.25) is 11.8 Å². The lowest BCUT2D eigenvalue weighted by atomic mass is 9.94. The SMILES string of the molecule is O=C(NC1CCCCC1)[C@@H](Cc1ccccc1)N(Cc1cccc(Cl)c1)C(=O)Cc1ccc(Cl)cc1. The predicted octanol–water partition coefficient (Wildman–Crippen LogP) is 6.62. The van der Waals surface area contributed by atoms with Gasteiger partial charge in [0.05, 0.1) is 6.42 Å². The van der Waals surface area contributed by atoms with E-state index in [0.29, 0.717) is 23.0 Å². The summed E-state index contributed by atoms with van der Waals surface area (Å²) in [6.07, 6.45) is 6.03. The molecule has 0 heterocycles. The number of carbonyl (C=O) groups excluding carboxylic acids is 2. The molecule has 0 radical (unpaired) electrons. The average Bonchev–Trinajstić information content (AvgIpc) is 2.88. The summed E-state index contributed by atoms with van der Waals surface area (Å²) in [4.78, 5) is 29.3. The van der Waals surface area contributed by atoms with E-state index in [2.05, 4.69) is 5.32 Å². The van der Waals surface area contributed by atoms with Gasteiger partial charge in [0.15, 0.2) is 0 Å². The third kappa shape index (κ3) is 7.59. The highest BCUT2D eigenvalue weighted by Crippen LogP contribution is 2.21. The third-order valence-electron chi connectivity index (χ3n) is 6.73. The number of hydrogen-bond acceptors (Lipinski definition) is 2. The lowest BCUT2D eigenvalue weighted by molar-refractivity contribution is -0.141. The Morgan fingerprint density at radius 2 is 1.50 bits per heavy atom. The first-order chi connectivity index (χ1) is 17.5. The zero-order valence-electron chi connectivity index (χ0n) is 20.3. The van der Waals surface area contributed by atoms with Crippen molar-refractivity contribution in [2.75, 3.05) is 0 Å². The Balaban J connectivity index is 1.65. The van der Waals surface area contributed by atoms with Crippen molar-refractivity contribution in [2.45, 2.75) is 63.6 Å². The molecule has 1 N–H and O–H groups in total. The van der Waals surface area contributed by atoms with Crippen molar-refractivity contribution in [1.82, 2.24) is 10.2 Å². The van der Waals surface area contributed by atoms with Gasteiger partial charge < -0.3 is 10.2 Å². The van der Waals surface area contributed by atoms with Crippen molar-refractivity contribution >= 4 is 35.0 Å². The first kappa shape index (κ1) is 26.2. The van der Waals surface area contributed by atoms with Gasteiger partial charge in [0.25, 0.3) is 0 Å². The van der Waals surface area contributed by atoms with E-state index in [-0.39, 0.29) is 24.3 Å². The standard InChI is InChI=1S/C30H32Cl2N2O2/c31-25-16-14-23(15-17-25)20-29(35)34(21-24-10-7-11-26(32)18-24)28(19-22-8-3-1-4-9-22)30(36)33-27-12-5-2-6-13-27/h1,3-4,7-11,14-18,27-28H,2,5-6,12-13,19-21H2,(H,33,36)/t28-/m1/s1. The van der Waals surface area contributed by atoms with Crippen LogP contribution in [0.5, 0.6) is 0 Å². The van der Waals surface area contributed by atoms with Gasteiger partial charge in [-0.2, -0.15) is 0 Å². The van der Waals surface area contributed by atoms with Crippen LogP contribution in [0.2, 0.25) is 10.0 Å². The molecule has 36 heavy (non-hydrogen) atoms. The largest absolute Gasteiger partial charge is 0.352 e. The van der Waals surface area contributed by atoms with E-state index in [1.54, 1.807) is 17.0 Å². The number of hydrogen-bond donors (Lipinski definition) is 1. The maximum Gasteiger partial charge on any atom is 0.243 e. The van der Waals surface area contributed by atoms with Gasteiger partial charge in [-0.1, -0.05) is 97.1 Å². The minimum atomic E-state index is -0.645. The minimum absolute atomic E-state index is 0.0998. The van der Waals surface area contributed by atoms with Crippen molar-refractivity contribution in [2.24, 2.45) is 0 Å². The van der Waals surface area contributed by atoms with Crippen LogP contribution in [-0.2, 0) is 29.0 Å². The van der Waals surface area contributed by atoms with Gasteiger partial charge >= 0.3 is 0 Å². The van der Waals surface area contributed by atoms with Crippen molar-refractivity contribution < 1.29 is 9.59 Å². The molecule has 3 aromatic carbocycles. The van der Waals surface area contributed by atoms with Crippen LogP contribution in [0.15, 0.2) is 78.9 Å². The second kappa shape index (κ2) is 12.9. The maximum absolute atomic E-state index is 13.8. The molecule has 0 aliphatic heterocycles. The van der Waals surface area contributed by atoms with E-state index in [4.69, 9.17) is 23.2 Å². The summed E-state index contributed by atoms with van der Waals surface area (Å²) < 4.78 is 0. The summed E-state index contributed by atoms with van der Waals surface area (Å²) in [5, 5.41) is 4.49. The Bertz CT molecular complexity index is 1150. The van der Waals surface area contributed by atoms with Crippen molar-refractivity contribution in [3.63, 3.8) is 0 Å². The molecule has 188 valence electrons. The molecule has 4 nitrogen and oxygen atoms in total. The van der Waals surface area contributed by atoms with Crippen LogP contribution in [0.4, 0.5) is 0 Å². The quantitative estimate of drug-likeness (QED) is 0.343. The van der Waals surface area contributed by atoms with Crippen LogP contribution < -0.4 is 5.32 Å². The lowest BCUT2D eigenvalue weighted by Crippen LogP contribution is -2.53.